The largest absolute Gasteiger partial charge is 0.445 e. The van der Waals surface area contributed by atoms with Crippen LogP contribution in [0.2, 0.25) is 0 Å². The van der Waals surface area contributed by atoms with Gasteiger partial charge in [-0.05, 0) is 13.0 Å². The van der Waals surface area contributed by atoms with Gasteiger partial charge in [-0.3, -0.25) is 0 Å². The topological polar surface area (TPSA) is 38.1 Å². The van der Waals surface area contributed by atoms with Gasteiger partial charge < -0.3 is 9.73 Å². The van der Waals surface area contributed by atoms with Crippen LogP contribution in [0.4, 0.5) is 0 Å². The second kappa shape index (κ2) is 3.39. The molecule has 3 heteroatoms. The van der Waals surface area contributed by atoms with Crippen molar-refractivity contribution in [3.05, 3.63) is 17.8 Å². The molecule has 0 radical (unpaired) electrons. The third kappa shape index (κ3) is 1.82. The molecule has 0 bridgehead atoms. The first-order valence-electron chi connectivity index (χ1n) is 5.24. The lowest BCUT2D eigenvalue weighted by atomic mass is 9.94. The molecule has 1 aliphatic rings. The Morgan fingerprint density at radius 2 is 2.29 bits per heavy atom. The molecule has 2 rings (SSSR count). The first-order valence-corrected chi connectivity index (χ1v) is 5.24. The average molecular weight is 194 g/mol. The van der Waals surface area contributed by atoms with Crippen LogP contribution in [0.25, 0.3) is 0 Å². The lowest BCUT2D eigenvalue weighted by molar-refractivity contribution is 0.367. The molecule has 0 aliphatic carbocycles. The normalized spacial score (nSPS) is 22.9. The fourth-order valence-electron chi connectivity index (χ4n) is 1.69. The Labute approximate surface area is 84.9 Å². The van der Waals surface area contributed by atoms with Crippen molar-refractivity contribution in [3.63, 3.8) is 0 Å². The van der Waals surface area contributed by atoms with Crippen LogP contribution in [-0.2, 0) is 5.41 Å². The van der Waals surface area contributed by atoms with E-state index in [0.29, 0.717) is 5.92 Å². The van der Waals surface area contributed by atoms with E-state index in [2.05, 4.69) is 31.1 Å². The van der Waals surface area contributed by atoms with E-state index in [-0.39, 0.29) is 5.41 Å². The summed E-state index contributed by atoms with van der Waals surface area (Å²) in [5.74, 6) is 2.37. The molecule has 3 nitrogen and oxygen atoms in total. The van der Waals surface area contributed by atoms with E-state index in [0.717, 1.165) is 31.2 Å². The third-order valence-electron chi connectivity index (χ3n) is 2.67. The van der Waals surface area contributed by atoms with Crippen molar-refractivity contribution in [1.82, 2.24) is 10.3 Å². The zero-order valence-corrected chi connectivity index (χ0v) is 9.13. The van der Waals surface area contributed by atoms with Gasteiger partial charge in [0.05, 0.1) is 6.20 Å². The number of rotatable bonds is 1. The van der Waals surface area contributed by atoms with Gasteiger partial charge in [0.15, 0.2) is 5.89 Å². The molecule has 78 valence electrons. The molecule has 0 saturated carbocycles. The minimum atomic E-state index is 0.0667. The molecule has 1 N–H and O–H groups in total. The highest BCUT2D eigenvalue weighted by Crippen LogP contribution is 2.27. The number of hydrogen-bond acceptors (Lipinski definition) is 3. The molecular formula is C11H18N2O. The van der Waals surface area contributed by atoms with Crippen molar-refractivity contribution in [1.29, 1.82) is 0 Å². The maximum atomic E-state index is 5.78. The predicted octanol–water partition coefficient (Wildman–Crippen LogP) is 2.05. The highest BCUT2D eigenvalue weighted by molar-refractivity contribution is 5.08. The van der Waals surface area contributed by atoms with E-state index in [9.17, 15) is 0 Å². The molecule has 0 aromatic carbocycles. The summed E-state index contributed by atoms with van der Waals surface area (Å²) in [6, 6.07) is 0. The molecular weight excluding hydrogens is 176 g/mol. The summed E-state index contributed by atoms with van der Waals surface area (Å²) < 4.78 is 5.78. The van der Waals surface area contributed by atoms with Crippen molar-refractivity contribution in [2.24, 2.45) is 0 Å². The van der Waals surface area contributed by atoms with E-state index < -0.39 is 0 Å². The fraction of sp³-hybridized carbons (Fsp3) is 0.727. The second-order valence-electron chi connectivity index (χ2n) is 5.00. The zero-order chi connectivity index (χ0) is 10.2. The van der Waals surface area contributed by atoms with Gasteiger partial charge in [0.1, 0.15) is 5.76 Å². The number of nitrogens with one attached hydrogen (secondary N) is 1. The molecule has 2 heterocycles. The van der Waals surface area contributed by atoms with Crippen LogP contribution < -0.4 is 5.32 Å². The summed E-state index contributed by atoms with van der Waals surface area (Å²) in [7, 11) is 0. The first kappa shape index (κ1) is 9.71. The maximum absolute atomic E-state index is 5.78. The molecule has 1 aliphatic heterocycles. The molecule has 1 aromatic rings. The molecule has 1 aromatic heterocycles. The monoisotopic (exact) mass is 194 g/mol. The fourth-order valence-corrected chi connectivity index (χ4v) is 1.69. The molecule has 1 fully saturated rings. The van der Waals surface area contributed by atoms with Crippen LogP contribution in [0.3, 0.4) is 0 Å². The highest BCUT2D eigenvalue weighted by Gasteiger charge is 2.24. The van der Waals surface area contributed by atoms with Gasteiger partial charge in [-0.2, -0.15) is 0 Å². The van der Waals surface area contributed by atoms with Gasteiger partial charge in [-0.1, -0.05) is 20.8 Å². The lowest BCUT2D eigenvalue weighted by Crippen LogP contribution is -2.10. The van der Waals surface area contributed by atoms with Crippen molar-refractivity contribution >= 4 is 0 Å². The molecule has 14 heavy (non-hydrogen) atoms. The summed E-state index contributed by atoms with van der Waals surface area (Å²) in [5, 5.41) is 3.32. The Bertz CT molecular complexity index is 305. The van der Waals surface area contributed by atoms with Crippen LogP contribution in [0, 0.1) is 0 Å². The van der Waals surface area contributed by atoms with Gasteiger partial charge in [0.25, 0.3) is 0 Å². The summed E-state index contributed by atoms with van der Waals surface area (Å²) >= 11 is 0. The molecule has 1 atom stereocenters. The molecule has 0 spiro atoms. The van der Waals surface area contributed by atoms with E-state index in [4.69, 9.17) is 4.42 Å². The van der Waals surface area contributed by atoms with Crippen molar-refractivity contribution in [2.45, 2.75) is 38.5 Å². The molecule has 0 amide bonds. The highest BCUT2D eigenvalue weighted by atomic mass is 16.4. The van der Waals surface area contributed by atoms with Crippen LogP contribution in [-0.4, -0.2) is 18.1 Å². The van der Waals surface area contributed by atoms with Gasteiger partial charge in [0, 0.05) is 17.9 Å². The Morgan fingerprint density at radius 3 is 2.79 bits per heavy atom. The van der Waals surface area contributed by atoms with E-state index in [1.54, 1.807) is 0 Å². The first-order chi connectivity index (χ1) is 6.57. The van der Waals surface area contributed by atoms with E-state index in [1.165, 1.54) is 0 Å². The van der Waals surface area contributed by atoms with Crippen molar-refractivity contribution in [3.8, 4) is 0 Å². The minimum absolute atomic E-state index is 0.0667. The number of nitrogens with zero attached hydrogens (tertiary/aromatic N) is 1. The maximum Gasteiger partial charge on any atom is 0.198 e. The van der Waals surface area contributed by atoms with Crippen LogP contribution in [0.15, 0.2) is 10.6 Å². The summed E-state index contributed by atoms with van der Waals surface area (Å²) in [5.41, 5.74) is 0.0667. The van der Waals surface area contributed by atoms with Crippen molar-refractivity contribution in [2.75, 3.05) is 13.1 Å². The summed E-state index contributed by atoms with van der Waals surface area (Å²) in [6.07, 6.45) is 3.01. The van der Waals surface area contributed by atoms with Gasteiger partial charge in [-0.15, -0.1) is 0 Å². The Hall–Kier alpha value is -0.830. The SMILES string of the molecule is CC(C)(C)c1cnc(C2CCNC2)o1. The summed E-state index contributed by atoms with van der Waals surface area (Å²) in [6.45, 7) is 8.51. The van der Waals surface area contributed by atoms with Crippen LogP contribution in [0.1, 0.15) is 44.8 Å². The Kier molecular flexibility index (Phi) is 2.35. The van der Waals surface area contributed by atoms with Gasteiger partial charge >= 0.3 is 0 Å². The summed E-state index contributed by atoms with van der Waals surface area (Å²) in [4.78, 5) is 4.36. The smallest absolute Gasteiger partial charge is 0.198 e. The number of hydrogen-bond donors (Lipinski definition) is 1. The standard InChI is InChI=1S/C11H18N2O/c1-11(2,3)9-7-13-10(14-9)8-4-5-12-6-8/h7-8,12H,4-6H2,1-3H3. The van der Waals surface area contributed by atoms with Crippen molar-refractivity contribution < 1.29 is 4.42 Å². The van der Waals surface area contributed by atoms with Gasteiger partial charge in [-0.25, -0.2) is 4.98 Å². The average Bonchev–Trinajstić information content (AvgIpc) is 2.73. The molecule has 1 unspecified atom stereocenters. The van der Waals surface area contributed by atoms with E-state index >= 15 is 0 Å². The quantitative estimate of drug-likeness (QED) is 0.743. The minimum Gasteiger partial charge on any atom is -0.445 e. The number of oxazole rings is 1. The van der Waals surface area contributed by atoms with Gasteiger partial charge in [0.2, 0.25) is 0 Å². The lowest BCUT2D eigenvalue weighted by Gasteiger charge is -2.13. The predicted molar refractivity (Wildman–Crippen MR) is 55.4 cm³/mol. The molecule has 1 saturated heterocycles. The second-order valence-corrected chi connectivity index (χ2v) is 5.00. The number of aromatic nitrogens is 1. The Balaban J connectivity index is 2.17. The van der Waals surface area contributed by atoms with E-state index in [1.807, 2.05) is 6.20 Å². The Morgan fingerprint density at radius 1 is 1.50 bits per heavy atom. The van der Waals surface area contributed by atoms with Crippen LogP contribution in [0.5, 0.6) is 0 Å². The third-order valence-corrected chi connectivity index (χ3v) is 2.67. The zero-order valence-electron chi connectivity index (χ0n) is 9.13. The van der Waals surface area contributed by atoms with Crippen LogP contribution >= 0.6 is 0 Å².